The smallest absolute Gasteiger partial charge is 0.0227 e. The van der Waals surface area contributed by atoms with E-state index >= 15 is 0 Å². The predicted octanol–water partition coefficient (Wildman–Crippen LogP) is 0.923. The lowest BCUT2D eigenvalue weighted by atomic mass is 10.4. The summed E-state index contributed by atoms with van der Waals surface area (Å²) in [7, 11) is 0. The van der Waals surface area contributed by atoms with Crippen LogP contribution in [0.4, 0.5) is 0 Å². The van der Waals surface area contributed by atoms with Crippen LogP contribution in [0.15, 0.2) is 12.2 Å². The number of hydrogen-bond donors (Lipinski definition) is 1. The van der Waals surface area contributed by atoms with Gasteiger partial charge in [0, 0.05) is 12.1 Å². The first-order valence-electron chi connectivity index (χ1n) is 2.73. The van der Waals surface area contributed by atoms with Crippen molar-refractivity contribution in [1.29, 1.82) is 0 Å². The molecule has 0 radical (unpaired) electrons. The summed E-state index contributed by atoms with van der Waals surface area (Å²) in [6.07, 6.45) is 4.37. The van der Waals surface area contributed by atoms with Gasteiger partial charge in [0.05, 0.1) is 0 Å². The van der Waals surface area contributed by atoms with Crippen LogP contribution in [0.3, 0.4) is 0 Å². The van der Waals surface area contributed by atoms with E-state index in [1.165, 1.54) is 0 Å². The van der Waals surface area contributed by atoms with Crippen LogP contribution in [-0.2, 0) is 0 Å². The summed E-state index contributed by atoms with van der Waals surface area (Å²) < 4.78 is 0. The van der Waals surface area contributed by atoms with Gasteiger partial charge in [-0.3, -0.25) is 0 Å². The van der Waals surface area contributed by atoms with Gasteiger partial charge >= 0.3 is 0 Å². The molecule has 0 bridgehead atoms. The fraction of sp³-hybridized carbons (Fsp3) is 0.667. The molecule has 0 fully saturated rings. The predicted molar refractivity (Wildman–Crippen MR) is 31.2 cm³/mol. The summed E-state index contributed by atoms with van der Waals surface area (Å²) >= 11 is 0. The highest BCUT2D eigenvalue weighted by Crippen LogP contribution is 1.98. The zero-order valence-corrected chi connectivity index (χ0v) is 4.81. The lowest BCUT2D eigenvalue weighted by Gasteiger charge is -2.02. The molecule has 2 atom stereocenters. The van der Waals surface area contributed by atoms with Gasteiger partial charge in [0.2, 0.25) is 0 Å². The molecule has 0 saturated carbocycles. The summed E-state index contributed by atoms with van der Waals surface area (Å²) in [5.41, 5.74) is 0. The first kappa shape index (κ1) is 4.85. The summed E-state index contributed by atoms with van der Waals surface area (Å²) in [6.45, 7) is 4.31. The van der Waals surface area contributed by atoms with Crippen LogP contribution in [0, 0.1) is 0 Å². The van der Waals surface area contributed by atoms with Crippen molar-refractivity contribution in [1.82, 2.24) is 5.32 Å². The van der Waals surface area contributed by atoms with Crippen molar-refractivity contribution < 1.29 is 0 Å². The zero-order chi connectivity index (χ0) is 5.28. The van der Waals surface area contributed by atoms with E-state index < -0.39 is 0 Å². The first-order chi connectivity index (χ1) is 3.29. The molecule has 1 heterocycles. The highest BCUT2D eigenvalue weighted by molar-refractivity contribution is 5.04. The van der Waals surface area contributed by atoms with Gasteiger partial charge in [0.25, 0.3) is 0 Å². The minimum atomic E-state index is 0.593. The number of rotatable bonds is 0. The topological polar surface area (TPSA) is 12.0 Å². The maximum absolute atomic E-state index is 3.31. The van der Waals surface area contributed by atoms with Crippen LogP contribution in [0.1, 0.15) is 13.8 Å². The van der Waals surface area contributed by atoms with Gasteiger partial charge in [-0.2, -0.15) is 0 Å². The van der Waals surface area contributed by atoms with Gasteiger partial charge in [-0.15, -0.1) is 0 Å². The van der Waals surface area contributed by atoms with Crippen LogP contribution in [0.25, 0.3) is 0 Å². The average Bonchev–Trinajstić information content (AvgIpc) is 1.87. The molecule has 1 aliphatic rings. The van der Waals surface area contributed by atoms with Crippen molar-refractivity contribution in [3.63, 3.8) is 0 Å². The molecule has 1 heteroatoms. The van der Waals surface area contributed by atoms with Crippen molar-refractivity contribution in [2.75, 3.05) is 0 Å². The van der Waals surface area contributed by atoms with E-state index in [0.717, 1.165) is 0 Å². The summed E-state index contributed by atoms with van der Waals surface area (Å²) in [5, 5.41) is 3.31. The molecule has 1 rings (SSSR count). The maximum atomic E-state index is 3.31. The van der Waals surface area contributed by atoms with Gasteiger partial charge in [0.15, 0.2) is 0 Å². The minimum absolute atomic E-state index is 0.593. The molecule has 0 saturated heterocycles. The van der Waals surface area contributed by atoms with E-state index in [2.05, 4.69) is 31.3 Å². The van der Waals surface area contributed by atoms with Crippen LogP contribution < -0.4 is 5.32 Å². The molecule has 0 aromatic carbocycles. The summed E-state index contributed by atoms with van der Waals surface area (Å²) in [5.74, 6) is 0. The molecule has 7 heavy (non-hydrogen) atoms. The Balaban J connectivity index is 2.42. The van der Waals surface area contributed by atoms with Crippen molar-refractivity contribution >= 4 is 0 Å². The van der Waals surface area contributed by atoms with Gasteiger partial charge in [-0.25, -0.2) is 0 Å². The van der Waals surface area contributed by atoms with Crippen LogP contribution in [0.5, 0.6) is 0 Å². The Hall–Kier alpha value is -0.300. The minimum Gasteiger partial charge on any atom is -0.305 e. The third-order valence-corrected chi connectivity index (χ3v) is 1.21. The molecule has 0 amide bonds. The second-order valence-electron chi connectivity index (χ2n) is 2.13. The molecule has 0 unspecified atom stereocenters. The second-order valence-corrected chi connectivity index (χ2v) is 2.13. The van der Waals surface area contributed by atoms with E-state index in [-0.39, 0.29) is 0 Å². The Kier molecular flexibility index (Phi) is 1.15. The molecule has 1 nitrogen and oxygen atoms in total. The van der Waals surface area contributed by atoms with E-state index in [9.17, 15) is 0 Å². The Morgan fingerprint density at radius 3 is 1.71 bits per heavy atom. The fourth-order valence-corrected chi connectivity index (χ4v) is 0.859. The van der Waals surface area contributed by atoms with E-state index in [1.54, 1.807) is 0 Å². The van der Waals surface area contributed by atoms with Gasteiger partial charge < -0.3 is 5.32 Å². The quantitative estimate of drug-likeness (QED) is 0.443. The number of nitrogens with one attached hydrogen (secondary N) is 1. The molecular formula is C6H11N. The third kappa shape index (κ3) is 1.03. The lowest BCUT2D eigenvalue weighted by Crippen LogP contribution is -2.25. The van der Waals surface area contributed by atoms with Crippen molar-refractivity contribution in [2.45, 2.75) is 25.9 Å². The average molecular weight is 97.2 g/mol. The zero-order valence-electron chi connectivity index (χ0n) is 4.81. The summed E-state index contributed by atoms with van der Waals surface area (Å²) in [4.78, 5) is 0. The first-order valence-corrected chi connectivity index (χ1v) is 2.73. The van der Waals surface area contributed by atoms with Crippen LogP contribution in [0.2, 0.25) is 0 Å². The molecule has 0 aromatic rings. The van der Waals surface area contributed by atoms with Gasteiger partial charge in [-0.05, 0) is 13.8 Å². The second kappa shape index (κ2) is 1.66. The van der Waals surface area contributed by atoms with Crippen molar-refractivity contribution in [2.24, 2.45) is 0 Å². The van der Waals surface area contributed by atoms with E-state index in [4.69, 9.17) is 0 Å². The molecule has 40 valence electrons. The molecular weight excluding hydrogens is 86.1 g/mol. The SMILES string of the molecule is C[C@@H]1C=C[C@@H](C)N1. The van der Waals surface area contributed by atoms with Crippen molar-refractivity contribution in [3.05, 3.63) is 12.2 Å². The van der Waals surface area contributed by atoms with Crippen LogP contribution in [-0.4, -0.2) is 12.1 Å². The normalized spacial score (nSPS) is 39.7. The fourth-order valence-electron chi connectivity index (χ4n) is 0.859. The lowest BCUT2D eigenvalue weighted by molar-refractivity contribution is 0.628. The van der Waals surface area contributed by atoms with E-state index in [0.29, 0.717) is 12.1 Å². The molecule has 0 aliphatic carbocycles. The monoisotopic (exact) mass is 97.1 g/mol. The highest BCUT2D eigenvalue weighted by atomic mass is 14.9. The largest absolute Gasteiger partial charge is 0.305 e. The van der Waals surface area contributed by atoms with Gasteiger partial charge in [-0.1, -0.05) is 12.2 Å². The molecule has 0 aromatic heterocycles. The Bertz CT molecular complexity index is 76.2. The Labute approximate surface area is 44.4 Å². The highest BCUT2D eigenvalue weighted by Gasteiger charge is 2.06. The standard InChI is InChI=1S/C6H11N/c1-5-3-4-6(2)7-5/h3-7H,1-2H3/t5-,6-/m1/s1. The maximum Gasteiger partial charge on any atom is 0.0227 e. The van der Waals surface area contributed by atoms with Crippen molar-refractivity contribution in [3.8, 4) is 0 Å². The Morgan fingerprint density at radius 1 is 1.14 bits per heavy atom. The van der Waals surface area contributed by atoms with Crippen LogP contribution >= 0.6 is 0 Å². The Morgan fingerprint density at radius 2 is 1.57 bits per heavy atom. The molecule has 1 N–H and O–H groups in total. The number of hydrogen-bond acceptors (Lipinski definition) is 1. The summed E-state index contributed by atoms with van der Waals surface area (Å²) in [6, 6.07) is 1.19. The molecule has 1 aliphatic heterocycles. The molecule has 0 spiro atoms. The third-order valence-electron chi connectivity index (χ3n) is 1.21. The van der Waals surface area contributed by atoms with E-state index in [1.807, 2.05) is 0 Å². The van der Waals surface area contributed by atoms with Gasteiger partial charge in [0.1, 0.15) is 0 Å².